The molecule has 1 aliphatic rings. The van der Waals surface area contributed by atoms with Crippen LogP contribution < -0.4 is 5.56 Å². The van der Waals surface area contributed by atoms with E-state index in [4.69, 9.17) is 4.74 Å². The Balaban J connectivity index is 2.39. The van der Waals surface area contributed by atoms with E-state index in [1.165, 1.54) is 26.8 Å². The number of carbonyl (C=O) groups is 2. The van der Waals surface area contributed by atoms with Crippen molar-refractivity contribution in [1.29, 1.82) is 0 Å². The van der Waals surface area contributed by atoms with Crippen LogP contribution >= 0.6 is 0 Å². The first-order valence-corrected chi connectivity index (χ1v) is 8.09. The van der Waals surface area contributed by atoms with Gasteiger partial charge < -0.3 is 19.1 Å². The maximum atomic E-state index is 12.2. The highest BCUT2D eigenvalue weighted by atomic mass is 16.5. The molecule has 0 spiro atoms. The topological polar surface area (TPSA) is 94.8 Å². The molecule has 7 nitrogen and oxygen atoms in total. The summed E-state index contributed by atoms with van der Waals surface area (Å²) in [6.07, 6.45) is 7.05. The van der Waals surface area contributed by atoms with Crippen LogP contribution in [0.2, 0.25) is 0 Å². The number of nitrogens with zero attached hydrogens (tertiary/aromatic N) is 1. The van der Waals surface area contributed by atoms with Gasteiger partial charge in [0.2, 0.25) is 0 Å². The minimum Gasteiger partial charge on any atom is -0.507 e. The van der Waals surface area contributed by atoms with E-state index in [0.717, 1.165) is 36.3 Å². The normalized spacial score (nSPS) is 16.4. The summed E-state index contributed by atoms with van der Waals surface area (Å²) in [5.74, 6) is -1.46. The number of aromatic nitrogens is 1. The Morgan fingerprint density at radius 3 is 2.50 bits per heavy atom. The summed E-state index contributed by atoms with van der Waals surface area (Å²) in [6.45, 7) is 0. The van der Waals surface area contributed by atoms with Crippen molar-refractivity contribution in [1.82, 2.24) is 4.57 Å². The first kappa shape index (κ1) is 18.0. The smallest absolute Gasteiger partial charge is 0.343 e. The number of esters is 2. The van der Waals surface area contributed by atoms with Crippen molar-refractivity contribution < 1.29 is 24.2 Å². The molecule has 1 heterocycles. The lowest BCUT2D eigenvalue weighted by molar-refractivity contribution is -0.145. The first-order valence-electron chi connectivity index (χ1n) is 8.09. The van der Waals surface area contributed by atoms with Gasteiger partial charge in [0, 0.05) is 12.3 Å². The van der Waals surface area contributed by atoms with Gasteiger partial charge in [-0.25, -0.2) is 9.59 Å². The van der Waals surface area contributed by atoms with Crippen LogP contribution in [0.15, 0.2) is 17.1 Å². The Hall–Kier alpha value is -2.31. The molecule has 0 saturated heterocycles. The zero-order chi connectivity index (χ0) is 17.7. The number of aromatic hydroxyl groups is 1. The molecule has 1 unspecified atom stereocenters. The van der Waals surface area contributed by atoms with E-state index >= 15 is 0 Å². The second-order valence-corrected chi connectivity index (χ2v) is 6.09. The van der Waals surface area contributed by atoms with E-state index in [0.29, 0.717) is 12.3 Å². The van der Waals surface area contributed by atoms with Crippen LogP contribution in [-0.2, 0) is 14.3 Å². The molecule has 1 aliphatic carbocycles. The van der Waals surface area contributed by atoms with E-state index in [1.54, 1.807) is 0 Å². The lowest BCUT2D eigenvalue weighted by Gasteiger charge is -2.26. The molecule has 1 atom stereocenters. The summed E-state index contributed by atoms with van der Waals surface area (Å²) >= 11 is 0. The molecule has 0 amide bonds. The monoisotopic (exact) mass is 337 g/mol. The molecule has 1 aromatic rings. The van der Waals surface area contributed by atoms with Crippen LogP contribution in [-0.4, -0.2) is 35.8 Å². The Morgan fingerprint density at radius 2 is 1.92 bits per heavy atom. The fraction of sp³-hybridized carbons (Fsp3) is 0.588. The van der Waals surface area contributed by atoms with Gasteiger partial charge in [-0.15, -0.1) is 0 Å². The van der Waals surface area contributed by atoms with E-state index < -0.39 is 29.3 Å². The SMILES string of the molecule is COC(=O)c1cn(C(CC2CCCCC2)C(=O)OC)c(=O)cc1O. The summed E-state index contributed by atoms with van der Waals surface area (Å²) < 4.78 is 10.6. The van der Waals surface area contributed by atoms with Crippen molar-refractivity contribution >= 4 is 11.9 Å². The molecular weight excluding hydrogens is 314 g/mol. The van der Waals surface area contributed by atoms with E-state index in [-0.39, 0.29) is 5.56 Å². The van der Waals surface area contributed by atoms with Crippen molar-refractivity contribution in [3.8, 4) is 5.75 Å². The minimum atomic E-state index is -0.824. The highest BCUT2D eigenvalue weighted by molar-refractivity contribution is 5.92. The zero-order valence-electron chi connectivity index (χ0n) is 14.0. The summed E-state index contributed by atoms with van der Waals surface area (Å²) in [7, 11) is 2.44. The highest BCUT2D eigenvalue weighted by Gasteiger charge is 2.28. The third kappa shape index (κ3) is 3.96. The number of hydrogen-bond acceptors (Lipinski definition) is 6. The second-order valence-electron chi connectivity index (χ2n) is 6.09. The number of rotatable bonds is 5. The number of hydrogen-bond donors (Lipinski definition) is 1. The third-order valence-corrected chi connectivity index (χ3v) is 4.55. The lowest BCUT2D eigenvalue weighted by Crippen LogP contribution is -2.32. The molecule has 1 fully saturated rings. The van der Waals surface area contributed by atoms with Gasteiger partial charge in [-0.1, -0.05) is 32.1 Å². The maximum Gasteiger partial charge on any atom is 0.343 e. The molecule has 1 N–H and O–H groups in total. The molecule has 0 bridgehead atoms. The van der Waals surface area contributed by atoms with Gasteiger partial charge in [-0.2, -0.15) is 0 Å². The Kier molecular flexibility index (Phi) is 6.00. The molecule has 2 rings (SSSR count). The molecule has 1 aromatic heterocycles. The van der Waals surface area contributed by atoms with E-state index in [9.17, 15) is 19.5 Å². The second kappa shape index (κ2) is 7.99. The minimum absolute atomic E-state index is 0.158. The summed E-state index contributed by atoms with van der Waals surface area (Å²) in [4.78, 5) is 36.2. The quantitative estimate of drug-likeness (QED) is 0.826. The number of ether oxygens (including phenoxy) is 2. The zero-order valence-corrected chi connectivity index (χ0v) is 14.0. The Bertz CT molecular complexity index is 660. The fourth-order valence-corrected chi connectivity index (χ4v) is 3.25. The van der Waals surface area contributed by atoms with Crippen LogP contribution in [0.5, 0.6) is 5.75 Å². The number of methoxy groups -OCH3 is 2. The number of pyridine rings is 1. The highest BCUT2D eigenvalue weighted by Crippen LogP contribution is 2.31. The van der Waals surface area contributed by atoms with Crippen LogP contribution in [0, 0.1) is 5.92 Å². The Morgan fingerprint density at radius 1 is 1.25 bits per heavy atom. The van der Waals surface area contributed by atoms with Crippen LogP contribution in [0.1, 0.15) is 54.9 Å². The van der Waals surface area contributed by atoms with Gasteiger partial charge >= 0.3 is 11.9 Å². The lowest BCUT2D eigenvalue weighted by atomic mass is 9.84. The average Bonchev–Trinajstić information content (AvgIpc) is 2.60. The fourth-order valence-electron chi connectivity index (χ4n) is 3.25. The third-order valence-electron chi connectivity index (χ3n) is 4.55. The van der Waals surface area contributed by atoms with Crippen molar-refractivity contribution in [3.63, 3.8) is 0 Å². The standard InChI is InChI=1S/C17H23NO6/c1-23-16(21)12-10-18(15(20)9-14(12)19)13(17(22)24-2)8-11-6-4-3-5-7-11/h9-11,13,19H,3-8H2,1-2H3. The van der Waals surface area contributed by atoms with Crippen molar-refractivity contribution in [2.24, 2.45) is 5.92 Å². The van der Waals surface area contributed by atoms with Crippen LogP contribution in [0.25, 0.3) is 0 Å². The molecular formula is C17H23NO6. The average molecular weight is 337 g/mol. The summed E-state index contributed by atoms with van der Waals surface area (Å²) in [6, 6.07) is 0.0953. The largest absolute Gasteiger partial charge is 0.507 e. The van der Waals surface area contributed by atoms with Gasteiger partial charge in [0.15, 0.2) is 0 Å². The maximum absolute atomic E-state index is 12.2. The molecule has 132 valence electrons. The molecule has 0 aromatic carbocycles. The molecule has 24 heavy (non-hydrogen) atoms. The predicted octanol–water partition coefficient (Wildman–Crippen LogP) is 2.02. The first-order chi connectivity index (χ1) is 11.5. The van der Waals surface area contributed by atoms with Gasteiger partial charge in [0.1, 0.15) is 17.4 Å². The molecule has 0 aliphatic heterocycles. The Labute approximate surface area is 140 Å². The predicted molar refractivity (Wildman–Crippen MR) is 86.0 cm³/mol. The number of carbonyl (C=O) groups excluding carboxylic acids is 2. The summed E-state index contributed by atoms with van der Waals surface area (Å²) in [5, 5.41) is 9.79. The van der Waals surface area contributed by atoms with E-state index in [1.807, 2.05) is 0 Å². The van der Waals surface area contributed by atoms with Crippen molar-refractivity contribution in [2.75, 3.05) is 14.2 Å². The van der Waals surface area contributed by atoms with Crippen LogP contribution in [0.3, 0.4) is 0 Å². The molecule has 7 heteroatoms. The van der Waals surface area contributed by atoms with Crippen molar-refractivity contribution in [2.45, 2.75) is 44.6 Å². The van der Waals surface area contributed by atoms with Gasteiger partial charge in [-0.05, 0) is 12.3 Å². The van der Waals surface area contributed by atoms with Crippen molar-refractivity contribution in [3.05, 3.63) is 28.2 Å². The van der Waals surface area contributed by atoms with Crippen LogP contribution in [0.4, 0.5) is 0 Å². The molecule has 0 radical (unpaired) electrons. The van der Waals surface area contributed by atoms with E-state index in [2.05, 4.69) is 4.74 Å². The summed E-state index contributed by atoms with van der Waals surface area (Å²) in [5.41, 5.74) is -0.721. The van der Waals surface area contributed by atoms with Gasteiger partial charge in [0.25, 0.3) is 5.56 Å². The van der Waals surface area contributed by atoms with Gasteiger partial charge in [0.05, 0.1) is 14.2 Å². The van der Waals surface area contributed by atoms with Gasteiger partial charge in [-0.3, -0.25) is 4.79 Å². The molecule has 1 saturated carbocycles.